The zero-order valence-electron chi connectivity index (χ0n) is 6.29. The third kappa shape index (κ3) is 1.43. The molecule has 2 rings (SSSR count). The zero-order valence-corrected chi connectivity index (χ0v) is 9.51. The van der Waals surface area contributed by atoms with Gasteiger partial charge in [-0.15, -0.1) is 11.3 Å². The second-order valence-electron chi connectivity index (χ2n) is 2.81. The normalized spacial score (nSPS) is 29.5. The highest BCUT2D eigenvalue weighted by molar-refractivity contribution is 9.10. The van der Waals surface area contributed by atoms with Crippen LogP contribution >= 0.6 is 39.0 Å². The van der Waals surface area contributed by atoms with Crippen molar-refractivity contribution >= 4 is 39.0 Å². The van der Waals surface area contributed by atoms with Gasteiger partial charge in [0.05, 0.1) is 10.4 Å². The van der Waals surface area contributed by atoms with Crippen LogP contribution in [-0.2, 0) is 5.60 Å². The second kappa shape index (κ2) is 3.29. The van der Waals surface area contributed by atoms with Crippen molar-refractivity contribution in [3.05, 3.63) is 15.0 Å². The first-order chi connectivity index (χ1) is 5.72. The van der Waals surface area contributed by atoms with Crippen molar-refractivity contribution in [3.63, 3.8) is 0 Å². The molecular weight excluding hydrogens is 258 g/mol. The first-order valence-electron chi connectivity index (χ1n) is 3.62. The minimum atomic E-state index is -0.620. The van der Waals surface area contributed by atoms with E-state index in [9.17, 15) is 5.11 Å². The van der Waals surface area contributed by atoms with Crippen LogP contribution in [0, 0.1) is 0 Å². The smallest absolute Gasteiger partial charge is 0.123 e. The van der Waals surface area contributed by atoms with Gasteiger partial charge in [0.2, 0.25) is 0 Å². The van der Waals surface area contributed by atoms with Crippen molar-refractivity contribution < 1.29 is 5.11 Å². The number of aliphatic hydroxyl groups is 1. The lowest BCUT2D eigenvalue weighted by atomic mass is 10.0. The molecule has 2 heterocycles. The van der Waals surface area contributed by atoms with Crippen LogP contribution in [0.25, 0.3) is 0 Å². The summed E-state index contributed by atoms with van der Waals surface area (Å²) < 4.78 is 0.803. The molecule has 0 spiro atoms. The quantitative estimate of drug-likeness (QED) is 0.846. The van der Waals surface area contributed by atoms with E-state index in [0.717, 1.165) is 27.4 Å². The van der Waals surface area contributed by atoms with Gasteiger partial charge in [0.25, 0.3) is 0 Å². The van der Waals surface area contributed by atoms with E-state index in [1.807, 2.05) is 0 Å². The van der Waals surface area contributed by atoms with E-state index >= 15 is 0 Å². The molecule has 0 aliphatic carbocycles. The predicted octanol–water partition coefficient (Wildman–Crippen LogP) is 2.23. The van der Waals surface area contributed by atoms with Crippen molar-refractivity contribution in [1.82, 2.24) is 4.98 Å². The molecule has 1 atom stereocenters. The predicted molar refractivity (Wildman–Crippen MR) is 55.7 cm³/mol. The minimum absolute atomic E-state index is 0.620. The van der Waals surface area contributed by atoms with Crippen LogP contribution in [0.2, 0.25) is 0 Å². The van der Waals surface area contributed by atoms with Crippen LogP contribution in [0.1, 0.15) is 11.3 Å². The highest BCUT2D eigenvalue weighted by Crippen LogP contribution is 2.41. The van der Waals surface area contributed by atoms with Gasteiger partial charge in [-0.1, -0.05) is 0 Å². The summed E-state index contributed by atoms with van der Waals surface area (Å²) in [6.07, 6.45) is 0.846. The lowest BCUT2D eigenvalue weighted by Gasteiger charge is -2.19. The Morgan fingerprint density at radius 3 is 3.00 bits per heavy atom. The standard InChI is InChI=1S/C7H8BrNOS2/c8-6-5(12-4-9-6)7(10)1-2-11-3-7/h4,10H,1-3H2. The third-order valence-corrected chi connectivity index (χ3v) is 5.01. The average Bonchev–Trinajstić information content (AvgIpc) is 2.59. The van der Waals surface area contributed by atoms with Crippen molar-refractivity contribution in [2.75, 3.05) is 11.5 Å². The fraction of sp³-hybridized carbons (Fsp3) is 0.571. The highest BCUT2D eigenvalue weighted by atomic mass is 79.9. The van der Waals surface area contributed by atoms with Gasteiger partial charge in [0, 0.05) is 5.75 Å². The molecule has 1 aliphatic heterocycles. The molecular formula is C7H8BrNOS2. The molecule has 2 nitrogen and oxygen atoms in total. The number of aromatic nitrogens is 1. The molecule has 0 bridgehead atoms. The van der Waals surface area contributed by atoms with Crippen molar-refractivity contribution in [3.8, 4) is 0 Å². The molecule has 12 heavy (non-hydrogen) atoms. The second-order valence-corrected chi connectivity index (χ2v) is 5.52. The van der Waals surface area contributed by atoms with Crippen LogP contribution in [0.15, 0.2) is 10.1 Å². The van der Waals surface area contributed by atoms with Gasteiger partial charge >= 0.3 is 0 Å². The summed E-state index contributed by atoms with van der Waals surface area (Å²) in [6.45, 7) is 0. The summed E-state index contributed by atoms with van der Waals surface area (Å²) >= 11 is 6.66. The first-order valence-corrected chi connectivity index (χ1v) is 6.45. The van der Waals surface area contributed by atoms with Gasteiger partial charge in [-0.05, 0) is 28.1 Å². The molecule has 0 radical (unpaired) electrons. The Kier molecular flexibility index (Phi) is 2.46. The molecule has 1 unspecified atom stereocenters. The molecule has 0 amide bonds. The number of thioether (sulfide) groups is 1. The zero-order chi connectivity index (χ0) is 8.60. The van der Waals surface area contributed by atoms with E-state index in [1.54, 1.807) is 17.3 Å². The van der Waals surface area contributed by atoms with Gasteiger partial charge < -0.3 is 5.11 Å². The topological polar surface area (TPSA) is 33.1 Å². The average molecular weight is 266 g/mol. The van der Waals surface area contributed by atoms with E-state index in [4.69, 9.17) is 0 Å². The summed E-state index contributed by atoms with van der Waals surface area (Å²) in [5.41, 5.74) is 1.14. The summed E-state index contributed by atoms with van der Waals surface area (Å²) in [5, 5.41) is 10.2. The number of nitrogens with zero attached hydrogens (tertiary/aromatic N) is 1. The largest absolute Gasteiger partial charge is 0.383 e. The van der Waals surface area contributed by atoms with Gasteiger partial charge in [-0.3, -0.25) is 0 Å². The molecule has 0 aromatic carbocycles. The Hall–Kier alpha value is 0.420. The molecule has 5 heteroatoms. The van der Waals surface area contributed by atoms with E-state index in [-0.39, 0.29) is 0 Å². The van der Waals surface area contributed by atoms with Crippen molar-refractivity contribution in [2.24, 2.45) is 0 Å². The maximum Gasteiger partial charge on any atom is 0.123 e. The highest BCUT2D eigenvalue weighted by Gasteiger charge is 2.36. The maximum atomic E-state index is 10.2. The van der Waals surface area contributed by atoms with Gasteiger partial charge in [0.15, 0.2) is 0 Å². The summed E-state index contributed by atoms with van der Waals surface area (Å²) in [4.78, 5) is 5.05. The fourth-order valence-electron chi connectivity index (χ4n) is 1.27. The SMILES string of the molecule is OC1(c2scnc2Br)CCSC1. The molecule has 0 saturated carbocycles. The van der Waals surface area contributed by atoms with Crippen LogP contribution < -0.4 is 0 Å². The number of rotatable bonds is 1. The van der Waals surface area contributed by atoms with E-state index < -0.39 is 5.60 Å². The number of halogens is 1. The molecule has 1 saturated heterocycles. The van der Waals surface area contributed by atoms with Gasteiger partial charge in [-0.25, -0.2) is 4.98 Å². The van der Waals surface area contributed by atoms with Crippen LogP contribution in [0.5, 0.6) is 0 Å². The van der Waals surface area contributed by atoms with E-state index in [2.05, 4.69) is 20.9 Å². The first kappa shape index (κ1) is 8.99. The summed E-state index contributed by atoms with van der Waals surface area (Å²) in [6, 6.07) is 0. The molecule has 1 fully saturated rings. The van der Waals surface area contributed by atoms with Crippen LogP contribution in [0.3, 0.4) is 0 Å². The van der Waals surface area contributed by atoms with Crippen LogP contribution in [0.4, 0.5) is 0 Å². The molecule has 66 valence electrons. The number of hydrogen-bond acceptors (Lipinski definition) is 4. The third-order valence-electron chi connectivity index (χ3n) is 1.95. The minimum Gasteiger partial charge on any atom is -0.383 e. The lowest BCUT2D eigenvalue weighted by Crippen LogP contribution is -2.23. The molecule has 1 aromatic rings. The maximum absolute atomic E-state index is 10.2. The Labute approximate surface area is 87.5 Å². The molecule has 1 aromatic heterocycles. The molecule has 1 aliphatic rings. The van der Waals surface area contributed by atoms with Crippen LogP contribution in [-0.4, -0.2) is 21.6 Å². The lowest BCUT2D eigenvalue weighted by molar-refractivity contribution is 0.0687. The van der Waals surface area contributed by atoms with E-state index in [1.165, 1.54) is 11.3 Å². The summed E-state index contributed by atoms with van der Waals surface area (Å²) in [5.74, 6) is 1.84. The fourth-order valence-corrected chi connectivity index (χ4v) is 4.31. The number of thiazole rings is 1. The molecule has 1 N–H and O–H groups in total. The monoisotopic (exact) mass is 265 g/mol. The van der Waals surface area contributed by atoms with Crippen molar-refractivity contribution in [2.45, 2.75) is 12.0 Å². The van der Waals surface area contributed by atoms with Gasteiger partial charge in [0.1, 0.15) is 10.2 Å². The van der Waals surface area contributed by atoms with Gasteiger partial charge in [-0.2, -0.15) is 11.8 Å². The van der Waals surface area contributed by atoms with Crippen molar-refractivity contribution in [1.29, 1.82) is 0 Å². The van der Waals surface area contributed by atoms with E-state index in [0.29, 0.717) is 0 Å². The Morgan fingerprint density at radius 2 is 2.50 bits per heavy atom. The summed E-state index contributed by atoms with van der Waals surface area (Å²) in [7, 11) is 0. The Balaban J connectivity index is 2.34. The Morgan fingerprint density at radius 1 is 1.67 bits per heavy atom. The number of hydrogen-bond donors (Lipinski definition) is 1. The Bertz CT molecular complexity index is 283.